The van der Waals surface area contributed by atoms with E-state index in [1.165, 1.54) is 12.8 Å². The van der Waals surface area contributed by atoms with Gasteiger partial charge in [0.1, 0.15) is 5.82 Å². The molecule has 2 aliphatic rings. The van der Waals surface area contributed by atoms with Gasteiger partial charge in [-0.1, -0.05) is 12.1 Å². The molecule has 3 heterocycles. The zero-order chi connectivity index (χ0) is 23.7. The Balaban J connectivity index is 1.24. The smallest absolute Gasteiger partial charge is 0.229 e. The molecule has 1 N–H and O–H groups in total. The van der Waals surface area contributed by atoms with Crippen LogP contribution >= 0.6 is 0 Å². The summed E-state index contributed by atoms with van der Waals surface area (Å²) in [6.07, 6.45) is 5.68. The van der Waals surface area contributed by atoms with Gasteiger partial charge in [-0.2, -0.15) is 0 Å². The van der Waals surface area contributed by atoms with Crippen molar-refractivity contribution in [2.45, 2.75) is 32.2 Å². The molecule has 1 aromatic heterocycles. The number of benzene rings is 2. The van der Waals surface area contributed by atoms with Gasteiger partial charge in [-0.15, -0.1) is 0 Å². The Morgan fingerprint density at radius 3 is 2.59 bits per heavy atom. The van der Waals surface area contributed by atoms with E-state index in [2.05, 4.69) is 16.1 Å². The summed E-state index contributed by atoms with van der Waals surface area (Å²) in [7, 11) is 3.12. The first-order valence-corrected chi connectivity index (χ1v) is 11.6. The summed E-state index contributed by atoms with van der Waals surface area (Å²) >= 11 is 0. The molecule has 2 amide bonds. The predicted octanol–water partition coefficient (Wildman–Crippen LogP) is 3.90. The van der Waals surface area contributed by atoms with Gasteiger partial charge in [-0.3, -0.25) is 9.59 Å². The molecule has 8 heteroatoms. The number of aromatic nitrogens is 2. The van der Waals surface area contributed by atoms with E-state index in [1.807, 2.05) is 24.3 Å². The molecule has 0 aliphatic carbocycles. The third-order valence-electron chi connectivity index (χ3n) is 6.53. The van der Waals surface area contributed by atoms with Gasteiger partial charge in [0.05, 0.1) is 25.8 Å². The molecule has 1 atom stereocenters. The third-order valence-corrected chi connectivity index (χ3v) is 6.53. The Morgan fingerprint density at radius 1 is 1.06 bits per heavy atom. The minimum atomic E-state index is -0.430. The minimum Gasteiger partial charge on any atom is -0.493 e. The number of carbonyl (C=O) groups is 2. The molecule has 0 spiro atoms. The lowest BCUT2D eigenvalue weighted by atomic mass is 10.1. The van der Waals surface area contributed by atoms with Crippen LogP contribution in [0.5, 0.6) is 11.5 Å². The molecule has 8 nitrogen and oxygen atoms in total. The lowest BCUT2D eigenvalue weighted by Gasteiger charge is -2.18. The monoisotopic (exact) mass is 460 g/mol. The summed E-state index contributed by atoms with van der Waals surface area (Å²) in [4.78, 5) is 31.9. The molecule has 1 fully saturated rings. The maximum absolute atomic E-state index is 12.9. The van der Waals surface area contributed by atoms with Crippen LogP contribution in [0.3, 0.4) is 0 Å². The van der Waals surface area contributed by atoms with Crippen LogP contribution in [0, 0.1) is 5.92 Å². The number of hydrogen-bond acceptors (Lipinski definition) is 5. The fourth-order valence-corrected chi connectivity index (χ4v) is 4.65. The van der Waals surface area contributed by atoms with Gasteiger partial charge in [0.25, 0.3) is 0 Å². The van der Waals surface area contributed by atoms with Crippen molar-refractivity contribution < 1.29 is 19.1 Å². The Bertz CT molecular complexity index is 1190. The van der Waals surface area contributed by atoms with Crippen LogP contribution in [0.15, 0.2) is 48.7 Å². The number of anilines is 2. The Hall–Kier alpha value is -3.81. The highest BCUT2D eigenvalue weighted by molar-refractivity contribution is 6.03. The van der Waals surface area contributed by atoms with E-state index in [4.69, 9.17) is 14.5 Å². The zero-order valence-electron chi connectivity index (χ0n) is 19.4. The van der Waals surface area contributed by atoms with Gasteiger partial charge >= 0.3 is 0 Å². The Labute approximate surface area is 198 Å². The minimum absolute atomic E-state index is 0.0912. The van der Waals surface area contributed by atoms with Crippen LogP contribution in [-0.2, 0) is 22.6 Å². The quantitative estimate of drug-likeness (QED) is 0.603. The molecule has 2 aliphatic heterocycles. The number of ether oxygens (including phenoxy) is 2. The molecule has 3 aromatic rings. The van der Waals surface area contributed by atoms with E-state index in [1.54, 1.807) is 37.3 Å². The average Bonchev–Trinajstić information content (AvgIpc) is 3.48. The highest BCUT2D eigenvalue weighted by Crippen LogP contribution is 2.34. The lowest BCUT2D eigenvalue weighted by molar-refractivity contribution is -0.122. The molecule has 1 unspecified atom stereocenters. The van der Waals surface area contributed by atoms with Gasteiger partial charge in [0, 0.05) is 55.1 Å². The first-order valence-electron chi connectivity index (χ1n) is 11.6. The summed E-state index contributed by atoms with van der Waals surface area (Å²) in [6.45, 7) is 1.34. The van der Waals surface area contributed by atoms with E-state index in [0.717, 1.165) is 30.0 Å². The van der Waals surface area contributed by atoms with E-state index in [0.29, 0.717) is 29.4 Å². The van der Waals surface area contributed by atoms with Crippen molar-refractivity contribution in [1.29, 1.82) is 0 Å². The van der Waals surface area contributed by atoms with Crippen molar-refractivity contribution in [3.05, 3.63) is 54.5 Å². The maximum Gasteiger partial charge on any atom is 0.229 e. The first-order chi connectivity index (χ1) is 16.6. The number of hydrogen-bond donors (Lipinski definition) is 1. The molecule has 0 radical (unpaired) electrons. The number of amides is 2. The summed E-state index contributed by atoms with van der Waals surface area (Å²) < 4.78 is 12.8. The number of rotatable bonds is 6. The van der Waals surface area contributed by atoms with Crippen molar-refractivity contribution in [3.8, 4) is 22.8 Å². The average molecular weight is 461 g/mol. The fraction of sp³-hybridized carbons (Fsp3) is 0.346. The summed E-state index contributed by atoms with van der Waals surface area (Å²) in [5, 5.41) is 2.96. The van der Waals surface area contributed by atoms with E-state index < -0.39 is 5.92 Å². The van der Waals surface area contributed by atoms with E-state index in [9.17, 15) is 9.59 Å². The number of carbonyl (C=O) groups excluding carboxylic acids is 2. The van der Waals surface area contributed by atoms with Crippen LogP contribution in [0.2, 0.25) is 0 Å². The van der Waals surface area contributed by atoms with Gasteiger partial charge in [-0.25, -0.2) is 4.98 Å². The highest BCUT2D eigenvalue weighted by Gasteiger charge is 2.35. The highest BCUT2D eigenvalue weighted by atomic mass is 16.5. The van der Waals surface area contributed by atoms with Crippen molar-refractivity contribution in [2.75, 3.05) is 31.0 Å². The van der Waals surface area contributed by atoms with Gasteiger partial charge in [0.2, 0.25) is 11.8 Å². The van der Waals surface area contributed by atoms with Crippen molar-refractivity contribution in [3.63, 3.8) is 0 Å². The fourth-order valence-electron chi connectivity index (χ4n) is 4.65. The predicted molar refractivity (Wildman–Crippen MR) is 129 cm³/mol. The van der Waals surface area contributed by atoms with Crippen molar-refractivity contribution in [2.24, 2.45) is 5.92 Å². The second kappa shape index (κ2) is 9.21. The number of nitrogens with one attached hydrogen (secondary N) is 1. The molecule has 0 saturated carbocycles. The first kappa shape index (κ1) is 22.0. The van der Waals surface area contributed by atoms with E-state index >= 15 is 0 Å². The van der Waals surface area contributed by atoms with Gasteiger partial charge < -0.3 is 24.3 Å². The molecule has 176 valence electrons. The number of aryl methyl sites for hydroxylation is 2. The van der Waals surface area contributed by atoms with Crippen LogP contribution in [0.1, 0.15) is 25.1 Å². The number of nitrogens with zero attached hydrogens (tertiary/aromatic N) is 3. The maximum atomic E-state index is 12.9. The largest absolute Gasteiger partial charge is 0.493 e. The van der Waals surface area contributed by atoms with Crippen LogP contribution in [0.4, 0.5) is 11.4 Å². The standard InChI is InChI=1S/C26H28N4O4/c1-33-22-11-10-20(14-23(22)34-2)30-15-18(13-25(30)31)26(32)27-19-8-6-17(7-9-19)21-16-29-12-4-3-5-24(29)28-21/h6-11,14,16,18H,3-5,12-13,15H2,1-2H3,(H,27,32). The lowest BCUT2D eigenvalue weighted by Crippen LogP contribution is -2.28. The van der Waals surface area contributed by atoms with E-state index in [-0.39, 0.29) is 18.2 Å². The second-order valence-corrected chi connectivity index (χ2v) is 8.70. The molecule has 0 bridgehead atoms. The van der Waals surface area contributed by atoms with Gasteiger partial charge in [-0.05, 0) is 37.1 Å². The number of imidazole rings is 1. The summed E-state index contributed by atoms with van der Waals surface area (Å²) in [5.74, 6) is 1.59. The second-order valence-electron chi connectivity index (χ2n) is 8.70. The molecular formula is C26H28N4O4. The molecule has 5 rings (SSSR count). The molecule has 1 saturated heterocycles. The molecule has 34 heavy (non-hydrogen) atoms. The van der Waals surface area contributed by atoms with Crippen molar-refractivity contribution in [1.82, 2.24) is 9.55 Å². The summed E-state index contributed by atoms with van der Waals surface area (Å²) in [6, 6.07) is 13.0. The van der Waals surface area contributed by atoms with Crippen molar-refractivity contribution >= 4 is 23.2 Å². The Kier molecular flexibility index (Phi) is 5.96. The number of methoxy groups -OCH3 is 2. The van der Waals surface area contributed by atoms with Crippen LogP contribution in [0.25, 0.3) is 11.3 Å². The SMILES string of the molecule is COc1ccc(N2CC(C(=O)Nc3ccc(-c4cn5c(n4)CCCC5)cc3)CC2=O)cc1OC. The molecule has 2 aromatic carbocycles. The Morgan fingerprint density at radius 2 is 1.85 bits per heavy atom. The third kappa shape index (κ3) is 4.23. The topological polar surface area (TPSA) is 85.7 Å². The van der Waals surface area contributed by atoms with Crippen LogP contribution in [-0.4, -0.2) is 42.1 Å². The number of fused-ring (bicyclic) bond motifs is 1. The normalized spacial score (nSPS) is 17.4. The van der Waals surface area contributed by atoms with Crippen LogP contribution < -0.4 is 19.7 Å². The van der Waals surface area contributed by atoms with Gasteiger partial charge in [0.15, 0.2) is 11.5 Å². The summed E-state index contributed by atoms with van der Waals surface area (Å²) in [5.41, 5.74) is 3.37. The zero-order valence-corrected chi connectivity index (χ0v) is 19.4. The molecular weight excluding hydrogens is 432 g/mol.